The molecule has 1 aromatic carbocycles. The number of hydrogen-bond acceptors (Lipinski definition) is 3. The van der Waals surface area contributed by atoms with Crippen molar-refractivity contribution < 1.29 is 4.92 Å². The molecule has 0 saturated carbocycles. The number of benzene rings is 1. The van der Waals surface area contributed by atoms with E-state index in [2.05, 4.69) is 6.92 Å². The monoisotopic (exact) mass is 236 g/mol. The van der Waals surface area contributed by atoms with Gasteiger partial charge in [0.25, 0.3) is 5.69 Å². The Morgan fingerprint density at radius 1 is 1.35 bits per heavy atom. The topological polar surface area (TPSA) is 66.2 Å². The summed E-state index contributed by atoms with van der Waals surface area (Å²) < 4.78 is -0.348. The molecule has 17 heavy (non-hydrogen) atoms. The first-order valence-corrected chi connectivity index (χ1v) is 5.84. The van der Waals surface area contributed by atoms with Crippen LogP contribution >= 0.6 is 0 Å². The summed E-state index contributed by atoms with van der Waals surface area (Å²) in [6.07, 6.45) is 2.01. The van der Waals surface area contributed by atoms with Gasteiger partial charge in [0.2, 0.25) is 0 Å². The maximum absolute atomic E-state index is 12.6. The average Bonchev–Trinajstić information content (AvgIpc) is 2.29. The van der Waals surface area contributed by atoms with Gasteiger partial charge in [0.15, 0.2) is 0 Å². The van der Waals surface area contributed by atoms with Crippen molar-refractivity contribution in [1.82, 2.24) is 4.65 Å². The van der Waals surface area contributed by atoms with Gasteiger partial charge in [-0.05, 0) is 12.8 Å². The van der Waals surface area contributed by atoms with Crippen molar-refractivity contribution >= 4 is 11.4 Å². The molecular formula is C12H16N2O3. The van der Waals surface area contributed by atoms with Crippen LogP contribution < -0.4 is 4.65 Å². The zero-order valence-electron chi connectivity index (χ0n) is 9.83. The van der Waals surface area contributed by atoms with Crippen LogP contribution in [-0.2, 0) is 0 Å². The van der Waals surface area contributed by atoms with Crippen LogP contribution in [0.2, 0.25) is 0 Å². The van der Waals surface area contributed by atoms with Gasteiger partial charge >= 0.3 is 0 Å². The largest absolute Gasteiger partial charge is 0.627 e. The number of hydroxylamine groups is 2. The number of rotatable bonds is 2. The third-order valence-electron chi connectivity index (χ3n) is 3.35. The van der Waals surface area contributed by atoms with Gasteiger partial charge in [0, 0.05) is 30.2 Å². The van der Waals surface area contributed by atoms with E-state index < -0.39 is 4.92 Å². The van der Waals surface area contributed by atoms with E-state index in [0.29, 0.717) is 24.7 Å². The standard InChI is InChI=1S/C12H16N2O3/c1-10-3-2-8-14(17,9-10)12-6-4-11(5-7-12)13(15)16/h4-7,10H,2-3,8-9H2,1H3. The molecule has 0 aliphatic carbocycles. The van der Waals surface area contributed by atoms with E-state index in [9.17, 15) is 15.3 Å². The molecule has 1 saturated heterocycles. The fourth-order valence-electron chi connectivity index (χ4n) is 2.46. The summed E-state index contributed by atoms with van der Waals surface area (Å²) in [6.45, 7) is 3.22. The van der Waals surface area contributed by atoms with Gasteiger partial charge in [0.1, 0.15) is 5.69 Å². The van der Waals surface area contributed by atoms with Gasteiger partial charge < -0.3 is 9.85 Å². The molecule has 92 valence electrons. The minimum atomic E-state index is -0.447. The Balaban J connectivity index is 2.24. The lowest BCUT2D eigenvalue weighted by Crippen LogP contribution is -2.50. The Hall–Kier alpha value is -1.46. The molecule has 0 radical (unpaired) electrons. The molecule has 2 atom stereocenters. The zero-order valence-corrected chi connectivity index (χ0v) is 9.83. The predicted octanol–water partition coefficient (Wildman–Crippen LogP) is 2.83. The van der Waals surface area contributed by atoms with Crippen LogP contribution in [0.25, 0.3) is 0 Å². The second-order valence-corrected chi connectivity index (χ2v) is 4.82. The number of piperidine rings is 1. The van der Waals surface area contributed by atoms with Crippen molar-refractivity contribution in [2.24, 2.45) is 5.92 Å². The second-order valence-electron chi connectivity index (χ2n) is 4.82. The number of hydrogen-bond donors (Lipinski definition) is 0. The zero-order chi connectivity index (χ0) is 12.5. The van der Waals surface area contributed by atoms with Crippen molar-refractivity contribution in [3.05, 3.63) is 39.6 Å². The van der Waals surface area contributed by atoms with E-state index >= 15 is 0 Å². The van der Waals surface area contributed by atoms with Gasteiger partial charge in [-0.1, -0.05) is 6.92 Å². The van der Waals surface area contributed by atoms with Gasteiger partial charge in [-0.3, -0.25) is 10.1 Å². The summed E-state index contributed by atoms with van der Waals surface area (Å²) in [5.74, 6) is 0.413. The third kappa shape index (κ3) is 2.45. The normalized spacial score (nSPS) is 28.9. The first kappa shape index (κ1) is 12.0. The molecule has 5 nitrogen and oxygen atoms in total. The van der Waals surface area contributed by atoms with Gasteiger partial charge in [-0.15, -0.1) is 0 Å². The maximum Gasteiger partial charge on any atom is 0.269 e. The van der Waals surface area contributed by atoms with Gasteiger partial charge in [-0.2, -0.15) is 0 Å². The molecule has 2 unspecified atom stereocenters. The molecule has 1 aromatic rings. The highest BCUT2D eigenvalue weighted by molar-refractivity contribution is 5.49. The average molecular weight is 236 g/mol. The quantitative estimate of drug-likeness (QED) is 0.343. The SMILES string of the molecule is CC1CCC[N+]([O-])(c2ccc([N+](=O)[O-])cc2)C1. The second kappa shape index (κ2) is 4.43. The lowest BCUT2D eigenvalue weighted by Gasteiger charge is -2.46. The first-order chi connectivity index (χ1) is 8.01. The van der Waals surface area contributed by atoms with Crippen LogP contribution in [-0.4, -0.2) is 18.0 Å². The summed E-state index contributed by atoms with van der Waals surface area (Å²) in [5, 5.41) is 23.1. The molecule has 5 heteroatoms. The molecule has 1 aliphatic heterocycles. The van der Waals surface area contributed by atoms with E-state index in [4.69, 9.17) is 0 Å². The fourth-order valence-corrected chi connectivity index (χ4v) is 2.46. The summed E-state index contributed by atoms with van der Waals surface area (Å²) in [7, 11) is 0. The van der Waals surface area contributed by atoms with Crippen LogP contribution in [0.4, 0.5) is 11.4 Å². The minimum absolute atomic E-state index is 0.0328. The minimum Gasteiger partial charge on any atom is -0.627 e. The number of nitro groups is 1. The van der Waals surface area contributed by atoms with Gasteiger partial charge in [0.05, 0.1) is 18.0 Å². The smallest absolute Gasteiger partial charge is 0.269 e. The molecule has 1 heterocycles. The number of nitrogens with zero attached hydrogens (tertiary/aromatic N) is 2. The van der Waals surface area contributed by atoms with Crippen LogP contribution in [0.1, 0.15) is 19.8 Å². The van der Waals surface area contributed by atoms with E-state index in [0.717, 1.165) is 12.8 Å². The summed E-state index contributed by atoms with van der Waals surface area (Å²) in [4.78, 5) is 10.1. The Labute approximate surface area is 100.0 Å². The van der Waals surface area contributed by atoms with E-state index in [1.54, 1.807) is 12.1 Å². The van der Waals surface area contributed by atoms with E-state index in [1.807, 2.05) is 0 Å². The van der Waals surface area contributed by atoms with Crippen LogP contribution in [0.15, 0.2) is 24.3 Å². The Bertz CT molecular complexity index is 418. The highest BCUT2D eigenvalue weighted by atomic mass is 16.6. The molecule has 0 amide bonds. The molecule has 1 fully saturated rings. The molecule has 2 rings (SSSR count). The summed E-state index contributed by atoms with van der Waals surface area (Å²) in [5.41, 5.74) is 0.660. The first-order valence-electron chi connectivity index (χ1n) is 5.84. The Morgan fingerprint density at radius 2 is 2.00 bits per heavy atom. The van der Waals surface area contributed by atoms with E-state index in [1.165, 1.54) is 12.1 Å². The molecule has 0 bridgehead atoms. The van der Waals surface area contributed by atoms with E-state index in [-0.39, 0.29) is 10.3 Å². The summed E-state index contributed by atoms with van der Waals surface area (Å²) >= 11 is 0. The number of nitro benzene ring substituents is 1. The van der Waals surface area contributed by atoms with Crippen molar-refractivity contribution in [3.63, 3.8) is 0 Å². The maximum atomic E-state index is 12.6. The summed E-state index contributed by atoms with van der Waals surface area (Å²) in [6, 6.07) is 5.99. The number of quaternary nitrogens is 1. The Morgan fingerprint density at radius 3 is 2.53 bits per heavy atom. The van der Waals surface area contributed by atoms with Crippen molar-refractivity contribution in [3.8, 4) is 0 Å². The highest BCUT2D eigenvalue weighted by Gasteiger charge is 2.28. The molecular weight excluding hydrogens is 220 g/mol. The van der Waals surface area contributed by atoms with Gasteiger partial charge in [-0.25, -0.2) is 0 Å². The molecule has 0 N–H and O–H groups in total. The van der Waals surface area contributed by atoms with Crippen LogP contribution in [0.5, 0.6) is 0 Å². The molecule has 0 spiro atoms. The highest BCUT2D eigenvalue weighted by Crippen LogP contribution is 2.30. The van der Waals surface area contributed by atoms with Crippen molar-refractivity contribution in [1.29, 1.82) is 0 Å². The lowest BCUT2D eigenvalue weighted by molar-refractivity contribution is -0.384. The number of non-ortho nitro benzene ring substituents is 1. The van der Waals surface area contributed by atoms with Crippen molar-refractivity contribution in [2.75, 3.05) is 13.1 Å². The third-order valence-corrected chi connectivity index (χ3v) is 3.35. The fraction of sp³-hybridized carbons (Fsp3) is 0.500. The van der Waals surface area contributed by atoms with Crippen molar-refractivity contribution in [2.45, 2.75) is 19.8 Å². The Kier molecular flexibility index (Phi) is 3.13. The predicted molar refractivity (Wildman–Crippen MR) is 66.4 cm³/mol. The van der Waals surface area contributed by atoms with Crippen LogP contribution in [0.3, 0.4) is 0 Å². The molecule has 1 aliphatic rings. The lowest BCUT2D eigenvalue weighted by atomic mass is 9.99. The molecule has 0 aromatic heterocycles. The van der Waals surface area contributed by atoms with Crippen LogP contribution in [0, 0.1) is 21.2 Å².